The number of aliphatic hydroxyl groups excluding tert-OH is 1. The zero-order valence-electron chi connectivity index (χ0n) is 11.2. The molecule has 0 spiro atoms. The molecule has 0 aliphatic carbocycles. The minimum atomic E-state index is 0.129. The van der Waals surface area contributed by atoms with Crippen molar-refractivity contribution in [3.63, 3.8) is 0 Å². The largest absolute Gasteiger partial charge is 0.395 e. The van der Waals surface area contributed by atoms with Crippen LogP contribution in [0, 0.1) is 5.92 Å². The molecule has 3 nitrogen and oxygen atoms in total. The smallest absolute Gasteiger partial charge is 0.149 e. The topological polar surface area (TPSA) is 40.5 Å². The van der Waals surface area contributed by atoms with Crippen LogP contribution in [0.5, 0.6) is 0 Å². The predicted octanol–water partition coefficient (Wildman–Crippen LogP) is 2.08. The van der Waals surface area contributed by atoms with Gasteiger partial charge in [-0.3, -0.25) is 9.69 Å². The number of carbonyl (C=O) groups is 1. The van der Waals surface area contributed by atoms with Crippen molar-refractivity contribution in [1.82, 2.24) is 4.90 Å². The summed E-state index contributed by atoms with van der Waals surface area (Å²) in [4.78, 5) is 14.0. The SMILES string of the molecule is CCC(C)C(=O)CN(CCO)C(CC)CC. The molecule has 0 bridgehead atoms. The Hall–Kier alpha value is -0.410. The number of Topliss-reactive ketones (excluding diaryl/α,β-unsaturated/α-hetero) is 1. The summed E-state index contributed by atoms with van der Waals surface area (Å²) in [7, 11) is 0. The van der Waals surface area contributed by atoms with E-state index in [-0.39, 0.29) is 12.5 Å². The molecule has 0 saturated heterocycles. The predicted molar refractivity (Wildman–Crippen MR) is 67.5 cm³/mol. The number of aliphatic hydroxyl groups is 1. The highest BCUT2D eigenvalue weighted by molar-refractivity contribution is 5.82. The van der Waals surface area contributed by atoms with Crippen molar-refractivity contribution >= 4 is 5.78 Å². The molecule has 0 rings (SSSR count). The number of hydrogen-bond acceptors (Lipinski definition) is 3. The fourth-order valence-corrected chi connectivity index (χ4v) is 1.91. The van der Waals surface area contributed by atoms with Gasteiger partial charge in [-0.15, -0.1) is 0 Å². The van der Waals surface area contributed by atoms with Crippen molar-refractivity contribution in [3.8, 4) is 0 Å². The normalized spacial score (nSPS) is 13.4. The molecule has 0 aliphatic heterocycles. The molecule has 16 heavy (non-hydrogen) atoms. The summed E-state index contributed by atoms with van der Waals surface area (Å²) in [5.41, 5.74) is 0. The number of hydrogen-bond donors (Lipinski definition) is 1. The van der Waals surface area contributed by atoms with Crippen molar-refractivity contribution in [3.05, 3.63) is 0 Å². The van der Waals surface area contributed by atoms with Crippen LogP contribution in [0.3, 0.4) is 0 Å². The van der Waals surface area contributed by atoms with E-state index in [1.807, 2.05) is 13.8 Å². The molecule has 0 radical (unpaired) electrons. The van der Waals surface area contributed by atoms with E-state index in [1.165, 1.54) is 0 Å². The van der Waals surface area contributed by atoms with Gasteiger partial charge in [0, 0.05) is 18.5 Å². The third-order valence-corrected chi connectivity index (χ3v) is 3.37. The molecule has 1 unspecified atom stereocenters. The van der Waals surface area contributed by atoms with Crippen LogP contribution in [-0.2, 0) is 4.79 Å². The van der Waals surface area contributed by atoms with Crippen LogP contribution in [0.15, 0.2) is 0 Å². The molecule has 0 aliphatic rings. The van der Waals surface area contributed by atoms with Crippen molar-refractivity contribution in [2.24, 2.45) is 5.92 Å². The van der Waals surface area contributed by atoms with Gasteiger partial charge in [0.1, 0.15) is 5.78 Å². The highest BCUT2D eigenvalue weighted by atomic mass is 16.3. The summed E-state index contributed by atoms with van der Waals surface area (Å²) in [5, 5.41) is 9.03. The Labute approximate surface area is 99.8 Å². The summed E-state index contributed by atoms with van der Waals surface area (Å²) >= 11 is 0. The molecule has 0 aromatic rings. The highest BCUT2D eigenvalue weighted by Gasteiger charge is 2.20. The lowest BCUT2D eigenvalue weighted by molar-refractivity contribution is -0.124. The Morgan fingerprint density at radius 2 is 1.75 bits per heavy atom. The third-order valence-electron chi connectivity index (χ3n) is 3.37. The van der Waals surface area contributed by atoms with Crippen LogP contribution in [-0.4, -0.2) is 41.5 Å². The quantitative estimate of drug-likeness (QED) is 0.658. The van der Waals surface area contributed by atoms with Crippen molar-refractivity contribution in [2.75, 3.05) is 19.7 Å². The molecule has 3 heteroatoms. The summed E-state index contributed by atoms with van der Waals surface area (Å²) in [6.45, 7) is 9.50. The van der Waals surface area contributed by atoms with Gasteiger partial charge in [-0.1, -0.05) is 27.7 Å². The first kappa shape index (κ1) is 15.6. The summed E-state index contributed by atoms with van der Waals surface area (Å²) in [6.07, 6.45) is 2.96. The molecule has 96 valence electrons. The first-order valence-electron chi connectivity index (χ1n) is 6.48. The zero-order valence-corrected chi connectivity index (χ0v) is 11.2. The fourth-order valence-electron chi connectivity index (χ4n) is 1.91. The average Bonchev–Trinajstić information content (AvgIpc) is 2.29. The lowest BCUT2D eigenvalue weighted by Crippen LogP contribution is -2.41. The maximum atomic E-state index is 11.9. The van der Waals surface area contributed by atoms with Gasteiger partial charge in [0.05, 0.1) is 13.2 Å². The van der Waals surface area contributed by atoms with Gasteiger partial charge >= 0.3 is 0 Å². The fraction of sp³-hybridized carbons (Fsp3) is 0.923. The molecule has 0 heterocycles. The van der Waals surface area contributed by atoms with E-state index < -0.39 is 0 Å². The molecule has 0 aromatic carbocycles. The second kappa shape index (κ2) is 8.71. The first-order chi connectivity index (χ1) is 7.60. The summed E-state index contributed by atoms with van der Waals surface area (Å²) in [6, 6.07) is 0.417. The monoisotopic (exact) mass is 229 g/mol. The van der Waals surface area contributed by atoms with Gasteiger partial charge in [0.2, 0.25) is 0 Å². The number of nitrogens with zero attached hydrogens (tertiary/aromatic N) is 1. The minimum absolute atomic E-state index is 0.129. The zero-order chi connectivity index (χ0) is 12.6. The van der Waals surface area contributed by atoms with E-state index >= 15 is 0 Å². The highest BCUT2D eigenvalue weighted by Crippen LogP contribution is 2.11. The van der Waals surface area contributed by atoms with Crippen molar-refractivity contribution < 1.29 is 9.90 Å². The molecular formula is C13H27NO2. The second-order valence-corrected chi connectivity index (χ2v) is 4.44. The maximum Gasteiger partial charge on any atom is 0.149 e. The van der Waals surface area contributed by atoms with Gasteiger partial charge < -0.3 is 5.11 Å². The van der Waals surface area contributed by atoms with Gasteiger partial charge in [-0.25, -0.2) is 0 Å². The standard InChI is InChI=1S/C13H27NO2/c1-5-11(4)13(16)10-14(8-9-15)12(6-2)7-3/h11-12,15H,5-10H2,1-4H3. The second-order valence-electron chi connectivity index (χ2n) is 4.44. The van der Waals surface area contributed by atoms with Gasteiger partial charge in [0.25, 0.3) is 0 Å². The van der Waals surface area contributed by atoms with Gasteiger partial charge in [-0.05, 0) is 19.3 Å². The number of carbonyl (C=O) groups excluding carboxylic acids is 1. The lowest BCUT2D eigenvalue weighted by atomic mass is 10.0. The Bertz CT molecular complexity index is 190. The molecule has 0 amide bonds. The Balaban J connectivity index is 4.36. The lowest BCUT2D eigenvalue weighted by Gasteiger charge is -2.29. The van der Waals surface area contributed by atoms with Crippen molar-refractivity contribution in [1.29, 1.82) is 0 Å². The Morgan fingerprint density at radius 1 is 1.19 bits per heavy atom. The van der Waals surface area contributed by atoms with E-state index in [9.17, 15) is 4.79 Å². The number of ketones is 1. The Kier molecular flexibility index (Phi) is 8.49. The van der Waals surface area contributed by atoms with Crippen LogP contribution in [0.2, 0.25) is 0 Å². The van der Waals surface area contributed by atoms with Crippen LogP contribution in [0.1, 0.15) is 47.0 Å². The van der Waals surface area contributed by atoms with Crippen molar-refractivity contribution in [2.45, 2.75) is 53.0 Å². The molecule has 1 N–H and O–H groups in total. The molecule has 0 saturated carbocycles. The average molecular weight is 229 g/mol. The molecule has 1 atom stereocenters. The van der Waals surface area contributed by atoms with Gasteiger partial charge in [-0.2, -0.15) is 0 Å². The maximum absolute atomic E-state index is 11.9. The van der Waals surface area contributed by atoms with E-state index in [4.69, 9.17) is 5.11 Å². The van der Waals surface area contributed by atoms with Crippen LogP contribution < -0.4 is 0 Å². The van der Waals surface area contributed by atoms with E-state index in [0.717, 1.165) is 19.3 Å². The Morgan fingerprint density at radius 3 is 2.12 bits per heavy atom. The van der Waals surface area contributed by atoms with E-state index in [1.54, 1.807) is 0 Å². The summed E-state index contributed by atoms with van der Waals surface area (Å²) in [5.74, 6) is 0.429. The number of rotatable bonds is 9. The molecule has 0 aromatic heterocycles. The first-order valence-corrected chi connectivity index (χ1v) is 6.48. The van der Waals surface area contributed by atoms with Gasteiger partial charge in [0.15, 0.2) is 0 Å². The molecule has 0 fully saturated rings. The summed E-state index contributed by atoms with van der Waals surface area (Å²) < 4.78 is 0. The minimum Gasteiger partial charge on any atom is -0.395 e. The third kappa shape index (κ3) is 5.08. The van der Waals surface area contributed by atoms with Crippen LogP contribution >= 0.6 is 0 Å². The van der Waals surface area contributed by atoms with E-state index in [2.05, 4.69) is 18.7 Å². The van der Waals surface area contributed by atoms with Crippen LogP contribution in [0.4, 0.5) is 0 Å². The van der Waals surface area contributed by atoms with E-state index in [0.29, 0.717) is 24.9 Å². The molecular weight excluding hydrogens is 202 g/mol. The van der Waals surface area contributed by atoms with Crippen LogP contribution in [0.25, 0.3) is 0 Å².